The number of carbonyl (C=O) groups excluding carboxylic acids is 3. The van der Waals surface area contributed by atoms with E-state index in [1.165, 1.54) is 11.1 Å². The minimum atomic E-state index is -5.17. The van der Waals surface area contributed by atoms with E-state index >= 15 is 0 Å². The number of pyridine rings is 1. The molecule has 3 heterocycles. The Labute approximate surface area is 231 Å². The van der Waals surface area contributed by atoms with Crippen LogP contribution in [0.15, 0.2) is 24.5 Å². The minimum Gasteiger partial charge on any atom is -0.336 e. The van der Waals surface area contributed by atoms with Crippen LogP contribution in [0.25, 0.3) is 5.52 Å². The number of hydrogen-bond acceptors (Lipinski definition) is 5. The molecule has 3 amide bonds. The maximum absolute atomic E-state index is 14.0. The molecule has 0 aromatic carbocycles. The van der Waals surface area contributed by atoms with E-state index < -0.39 is 52.9 Å². The molecule has 1 unspecified atom stereocenters. The molecule has 3 atom stereocenters. The third-order valence-corrected chi connectivity index (χ3v) is 8.62. The van der Waals surface area contributed by atoms with Crippen LogP contribution < -0.4 is 10.6 Å². The Hall–Kier alpha value is -3.62. The van der Waals surface area contributed by atoms with Crippen molar-refractivity contribution in [2.75, 3.05) is 6.54 Å². The molecule has 0 bridgehead atoms. The number of nitrogens with zero attached hydrogens (tertiary/aromatic N) is 4. The van der Waals surface area contributed by atoms with Gasteiger partial charge in [0.05, 0.1) is 17.8 Å². The molecule has 40 heavy (non-hydrogen) atoms. The number of amides is 3. The summed E-state index contributed by atoms with van der Waals surface area (Å²) in [5, 5.41) is 19.0. The molecule has 0 radical (unpaired) electrons. The van der Waals surface area contributed by atoms with Gasteiger partial charge in [0.25, 0.3) is 0 Å². The Balaban J connectivity index is 1.70. The molecule has 2 aliphatic rings. The summed E-state index contributed by atoms with van der Waals surface area (Å²) in [5.41, 5.74) is -0.00851. The van der Waals surface area contributed by atoms with Gasteiger partial charge in [0, 0.05) is 23.7 Å². The zero-order valence-electron chi connectivity index (χ0n) is 23.5. The van der Waals surface area contributed by atoms with Crippen molar-refractivity contribution in [2.24, 2.45) is 16.2 Å². The van der Waals surface area contributed by atoms with Crippen LogP contribution in [0.4, 0.5) is 13.2 Å². The molecule has 12 heteroatoms. The lowest BCUT2D eigenvalue weighted by atomic mass is 9.65. The Morgan fingerprint density at radius 2 is 1.80 bits per heavy atom. The Bertz CT molecular complexity index is 1380. The second-order valence-corrected chi connectivity index (χ2v) is 12.6. The standard InChI is InChI=1S/C28H35F3N6O3/c1-16-8-7-12-37-19(16)17(15-33-37)18(14-32)34-22(38)21-27(9-10-27)26(5,6)11-13-36(21)23(39)20(25(2,3)4)35-24(40)28(29,30)31/h7-8,12,15,18,20-21H,9-11,13H2,1-6H3,(H,34,38)(H,35,40)/t18?,20-,21-/m1/s1. The van der Waals surface area contributed by atoms with Gasteiger partial charge in [0.1, 0.15) is 18.1 Å². The van der Waals surface area contributed by atoms with Gasteiger partial charge in [-0.1, -0.05) is 40.7 Å². The van der Waals surface area contributed by atoms with Crippen molar-refractivity contribution >= 4 is 23.2 Å². The number of carbonyl (C=O) groups is 3. The summed E-state index contributed by atoms with van der Waals surface area (Å²) in [4.78, 5) is 41.2. The molecular weight excluding hydrogens is 525 g/mol. The normalized spacial score (nSPS) is 21.4. The first-order valence-electron chi connectivity index (χ1n) is 13.3. The van der Waals surface area contributed by atoms with Crippen LogP contribution in [0.1, 0.15) is 71.0 Å². The van der Waals surface area contributed by atoms with Gasteiger partial charge in [-0.15, -0.1) is 0 Å². The summed E-state index contributed by atoms with van der Waals surface area (Å²) >= 11 is 0. The molecule has 1 saturated heterocycles. The minimum absolute atomic E-state index is 0.118. The van der Waals surface area contributed by atoms with Crippen LogP contribution in [0.2, 0.25) is 0 Å². The van der Waals surface area contributed by atoms with Crippen LogP contribution in [0.3, 0.4) is 0 Å². The lowest BCUT2D eigenvalue weighted by molar-refractivity contribution is -0.177. The number of aromatic nitrogens is 2. The van der Waals surface area contributed by atoms with Crippen LogP contribution in [-0.4, -0.2) is 57.0 Å². The number of alkyl halides is 3. The van der Waals surface area contributed by atoms with Crippen LogP contribution in [0.5, 0.6) is 0 Å². The van der Waals surface area contributed by atoms with Crippen molar-refractivity contribution in [1.82, 2.24) is 25.1 Å². The monoisotopic (exact) mass is 560 g/mol. The fraction of sp³-hybridized carbons (Fsp3) is 0.607. The molecule has 9 nitrogen and oxygen atoms in total. The van der Waals surface area contributed by atoms with Crippen molar-refractivity contribution in [1.29, 1.82) is 5.26 Å². The lowest BCUT2D eigenvalue weighted by Gasteiger charge is -2.51. The number of halogens is 3. The third-order valence-electron chi connectivity index (χ3n) is 8.62. The molecule has 1 aliphatic carbocycles. The van der Waals surface area contributed by atoms with E-state index in [9.17, 15) is 32.8 Å². The number of aryl methyl sites for hydroxylation is 1. The van der Waals surface area contributed by atoms with Gasteiger partial charge in [0.2, 0.25) is 11.8 Å². The van der Waals surface area contributed by atoms with Gasteiger partial charge in [-0.25, -0.2) is 4.52 Å². The SMILES string of the molecule is Cc1cccn2ncc(C(C#N)NC(=O)[C@H]3N(C(=O)[C@@H](NC(=O)C(F)(F)F)C(C)(C)C)CCC(C)(C)C34CC4)c12. The highest BCUT2D eigenvalue weighted by molar-refractivity contribution is 5.94. The summed E-state index contributed by atoms with van der Waals surface area (Å²) in [6, 6.07) is 2.17. The van der Waals surface area contributed by atoms with E-state index in [1.54, 1.807) is 31.5 Å². The fourth-order valence-electron chi connectivity index (χ4n) is 6.05. The number of piperidine rings is 1. The predicted molar refractivity (Wildman–Crippen MR) is 139 cm³/mol. The Morgan fingerprint density at radius 3 is 2.35 bits per heavy atom. The molecule has 216 valence electrons. The van der Waals surface area contributed by atoms with Crippen LogP contribution in [0, 0.1) is 34.5 Å². The number of nitrogens with one attached hydrogen (secondary N) is 2. The van der Waals surface area contributed by atoms with Gasteiger partial charge < -0.3 is 15.5 Å². The van der Waals surface area contributed by atoms with Crippen molar-refractivity contribution in [2.45, 2.75) is 85.1 Å². The number of rotatable bonds is 5. The highest BCUT2D eigenvalue weighted by Crippen LogP contribution is 2.65. The van der Waals surface area contributed by atoms with Gasteiger partial charge in [-0.3, -0.25) is 14.4 Å². The highest BCUT2D eigenvalue weighted by Gasteiger charge is 2.66. The van der Waals surface area contributed by atoms with E-state index in [4.69, 9.17) is 0 Å². The second kappa shape index (κ2) is 9.78. The molecule has 1 aliphatic heterocycles. The van der Waals surface area contributed by atoms with Gasteiger partial charge in [-0.2, -0.15) is 23.5 Å². The summed E-state index contributed by atoms with van der Waals surface area (Å²) in [6.45, 7) is 10.7. The number of likely N-dealkylation sites (tertiary alicyclic amines) is 1. The summed E-state index contributed by atoms with van der Waals surface area (Å²) in [5.74, 6) is -3.53. The fourth-order valence-corrected chi connectivity index (χ4v) is 6.05. The maximum atomic E-state index is 14.0. The van der Waals surface area contributed by atoms with Gasteiger partial charge in [-0.05, 0) is 48.6 Å². The van der Waals surface area contributed by atoms with Crippen LogP contribution in [-0.2, 0) is 14.4 Å². The zero-order valence-corrected chi connectivity index (χ0v) is 23.5. The molecule has 2 aromatic rings. The van der Waals surface area contributed by atoms with Gasteiger partial charge >= 0.3 is 12.1 Å². The largest absolute Gasteiger partial charge is 0.471 e. The number of nitriles is 1. The topological polar surface area (TPSA) is 120 Å². The van der Waals surface area contributed by atoms with Crippen molar-refractivity contribution in [3.63, 3.8) is 0 Å². The summed E-state index contributed by atoms with van der Waals surface area (Å²) < 4.78 is 41.1. The summed E-state index contributed by atoms with van der Waals surface area (Å²) in [7, 11) is 0. The molecule has 2 fully saturated rings. The first-order valence-corrected chi connectivity index (χ1v) is 13.3. The maximum Gasteiger partial charge on any atom is 0.471 e. The molecule has 4 rings (SSSR count). The third kappa shape index (κ3) is 5.02. The Kier molecular flexibility index (Phi) is 7.18. The van der Waals surface area contributed by atoms with Crippen LogP contribution >= 0.6 is 0 Å². The van der Waals surface area contributed by atoms with E-state index in [1.807, 2.05) is 38.2 Å². The summed E-state index contributed by atoms with van der Waals surface area (Å²) in [6.07, 6.45) is -0.114. The quantitative estimate of drug-likeness (QED) is 0.576. The first kappa shape index (κ1) is 29.4. The first-order chi connectivity index (χ1) is 18.4. The van der Waals surface area contributed by atoms with Gasteiger partial charge in [0.15, 0.2) is 0 Å². The molecule has 1 saturated carbocycles. The zero-order chi connectivity index (χ0) is 29.8. The number of hydrogen-bond donors (Lipinski definition) is 2. The molecule has 2 aromatic heterocycles. The van der Waals surface area contributed by atoms with Crippen molar-refractivity contribution in [3.8, 4) is 6.07 Å². The Morgan fingerprint density at radius 1 is 1.15 bits per heavy atom. The average Bonchev–Trinajstić information content (AvgIpc) is 3.53. The van der Waals surface area contributed by atoms with Crippen molar-refractivity contribution in [3.05, 3.63) is 35.7 Å². The van der Waals surface area contributed by atoms with E-state index in [2.05, 4.69) is 16.5 Å². The smallest absolute Gasteiger partial charge is 0.336 e. The second-order valence-electron chi connectivity index (χ2n) is 12.6. The lowest BCUT2D eigenvalue weighted by Crippen LogP contribution is -2.66. The highest BCUT2D eigenvalue weighted by atomic mass is 19.4. The van der Waals surface area contributed by atoms with E-state index in [0.29, 0.717) is 30.3 Å². The predicted octanol–water partition coefficient (Wildman–Crippen LogP) is 3.82. The molecule has 1 spiro atoms. The van der Waals surface area contributed by atoms with E-state index in [0.717, 1.165) is 5.56 Å². The molecular formula is C28H35F3N6O3. The van der Waals surface area contributed by atoms with Crippen molar-refractivity contribution < 1.29 is 27.6 Å². The van der Waals surface area contributed by atoms with E-state index in [-0.39, 0.29) is 12.0 Å². The average molecular weight is 561 g/mol. The molecule has 2 N–H and O–H groups in total. The number of fused-ring (bicyclic) bond motifs is 1.